The Balaban J connectivity index is 0. The number of H-pyrrole nitrogens is 1. The molecule has 0 saturated heterocycles. The maximum absolute atomic E-state index is 3.80. The van der Waals surface area contributed by atoms with Gasteiger partial charge in [0.25, 0.3) is 0 Å². The average Bonchev–Trinajstić information content (AvgIpc) is 2.23. The number of aromatic amines is 1. The Morgan fingerprint density at radius 2 is 2.00 bits per heavy atom. The Kier molecular flexibility index (Phi) is 3.76. The molecule has 0 amide bonds. The highest BCUT2D eigenvalue weighted by molar-refractivity contribution is 5.10. The second kappa shape index (κ2) is 4.13. The maximum Gasteiger partial charge on any atom is 0.0519 e. The van der Waals surface area contributed by atoms with Crippen molar-refractivity contribution in [3.8, 4) is 0 Å². The quantitative estimate of drug-likeness (QED) is 0.570. The predicted octanol–water partition coefficient (Wildman–Crippen LogP) is 2.30. The van der Waals surface area contributed by atoms with E-state index in [1.54, 1.807) is 0 Å². The van der Waals surface area contributed by atoms with E-state index < -0.39 is 0 Å². The molecule has 0 aliphatic carbocycles. The first kappa shape index (κ1) is 8.21. The molecule has 1 heterocycles. The zero-order valence-electron chi connectivity index (χ0n) is 6.52. The summed E-state index contributed by atoms with van der Waals surface area (Å²) in [7, 11) is 0. The molecule has 54 valence electrons. The molecule has 0 bridgehead atoms. The van der Waals surface area contributed by atoms with Crippen LogP contribution in [0.4, 0.5) is 0 Å². The smallest absolute Gasteiger partial charge is 0.0519 e. The summed E-state index contributed by atoms with van der Waals surface area (Å²) in [4.78, 5) is 0. The molecular formula is C7H16N2. The van der Waals surface area contributed by atoms with Crippen LogP contribution in [0.5, 0.6) is 0 Å². The minimum Gasteiger partial charge on any atom is -0.283 e. The summed E-state index contributed by atoms with van der Waals surface area (Å²) in [5, 5.41) is 6.61. The predicted molar refractivity (Wildman–Crippen MR) is 41.5 cm³/mol. The molecule has 2 nitrogen and oxygen atoms in total. The monoisotopic (exact) mass is 128 g/mol. The van der Waals surface area contributed by atoms with E-state index in [9.17, 15) is 0 Å². The molecule has 0 atom stereocenters. The second-order valence-corrected chi connectivity index (χ2v) is 1.68. The lowest BCUT2D eigenvalue weighted by atomic mass is 10.3. The normalized spacial score (nSPS) is 8.00. The van der Waals surface area contributed by atoms with Crippen molar-refractivity contribution in [3.63, 3.8) is 0 Å². The lowest BCUT2D eigenvalue weighted by Gasteiger charge is -1.78. The summed E-state index contributed by atoms with van der Waals surface area (Å²) in [6.07, 6.45) is 1.81. The van der Waals surface area contributed by atoms with E-state index in [0.717, 1.165) is 5.69 Å². The fraction of sp³-hybridized carbons (Fsp3) is 0.571. The third-order valence-corrected chi connectivity index (χ3v) is 1.08. The van der Waals surface area contributed by atoms with E-state index in [-0.39, 0.29) is 1.43 Å². The lowest BCUT2D eigenvalue weighted by Crippen LogP contribution is -1.70. The number of hydrogen-bond donors (Lipinski definition) is 1. The zero-order valence-corrected chi connectivity index (χ0v) is 6.52. The van der Waals surface area contributed by atoms with E-state index in [0.29, 0.717) is 0 Å². The summed E-state index contributed by atoms with van der Waals surface area (Å²) in [5.41, 5.74) is 2.38. The van der Waals surface area contributed by atoms with Crippen molar-refractivity contribution in [3.05, 3.63) is 17.5 Å². The molecule has 0 aromatic carbocycles. The van der Waals surface area contributed by atoms with Crippen LogP contribution in [0, 0.1) is 13.8 Å². The Morgan fingerprint density at radius 1 is 1.44 bits per heavy atom. The van der Waals surface area contributed by atoms with E-state index >= 15 is 0 Å². The second-order valence-electron chi connectivity index (χ2n) is 1.68. The molecule has 0 aliphatic rings. The number of nitrogens with one attached hydrogen (secondary N) is 1. The summed E-state index contributed by atoms with van der Waals surface area (Å²) < 4.78 is 0. The Bertz CT molecular complexity index is 144. The standard InChI is InChI=1S/C5H8N2.C2H6.H2/c1-4-3-6-7-5(4)2;1-2;/h3H,1-2H3,(H,6,7);1-2H3;1H. The third-order valence-electron chi connectivity index (χ3n) is 1.08. The highest BCUT2D eigenvalue weighted by atomic mass is 15.1. The van der Waals surface area contributed by atoms with Gasteiger partial charge in [0, 0.05) is 7.12 Å². The van der Waals surface area contributed by atoms with E-state index in [2.05, 4.69) is 10.2 Å². The molecule has 1 N–H and O–H groups in total. The number of rotatable bonds is 0. The minimum absolute atomic E-state index is 0. The first-order valence-corrected chi connectivity index (χ1v) is 3.27. The molecule has 9 heavy (non-hydrogen) atoms. The van der Waals surface area contributed by atoms with Gasteiger partial charge in [0.2, 0.25) is 0 Å². The third kappa shape index (κ3) is 2.31. The van der Waals surface area contributed by atoms with Crippen LogP contribution < -0.4 is 0 Å². The van der Waals surface area contributed by atoms with Crippen LogP contribution >= 0.6 is 0 Å². The number of aryl methyl sites for hydroxylation is 2. The molecule has 0 saturated carbocycles. The molecule has 0 radical (unpaired) electrons. The summed E-state index contributed by atoms with van der Waals surface area (Å²) >= 11 is 0. The van der Waals surface area contributed by atoms with Gasteiger partial charge >= 0.3 is 0 Å². The SMILES string of the molecule is CC.Cc1cn[nH]c1C.[HH]. The molecule has 0 fully saturated rings. The van der Waals surface area contributed by atoms with Crippen LogP contribution in [-0.4, -0.2) is 10.2 Å². The summed E-state index contributed by atoms with van der Waals surface area (Å²) in [6.45, 7) is 8.03. The van der Waals surface area contributed by atoms with Crippen molar-refractivity contribution < 1.29 is 1.43 Å². The fourth-order valence-electron chi connectivity index (χ4n) is 0.411. The van der Waals surface area contributed by atoms with Gasteiger partial charge in [-0.05, 0) is 19.4 Å². The molecule has 2 heteroatoms. The van der Waals surface area contributed by atoms with Gasteiger partial charge in [-0.15, -0.1) is 0 Å². The molecule has 0 spiro atoms. The van der Waals surface area contributed by atoms with Gasteiger partial charge in [-0.1, -0.05) is 13.8 Å². The van der Waals surface area contributed by atoms with Gasteiger partial charge in [0.1, 0.15) is 0 Å². The highest BCUT2D eigenvalue weighted by Crippen LogP contribution is 1.96. The molecule has 0 unspecified atom stereocenters. The summed E-state index contributed by atoms with van der Waals surface area (Å²) in [6, 6.07) is 0. The van der Waals surface area contributed by atoms with Crippen molar-refractivity contribution in [2.24, 2.45) is 0 Å². The van der Waals surface area contributed by atoms with Crippen molar-refractivity contribution in [2.75, 3.05) is 0 Å². The van der Waals surface area contributed by atoms with E-state index in [1.807, 2.05) is 33.9 Å². The van der Waals surface area contributed by atoms with E-state index in [4.69, 9.17) is 0 Å². The molecular weight excluding hydrogens is 112 g/mol. The molecule has 0 aliphatic heterocycles. The van der Waals surface area contributed by atoms with Crippen LogP contribution in [-0.2, 0) is 0 Å². The highest BCUT2D eigenvalue weighted by Gasteiger charge is 1.87. The van der Waals surface area contributed by atoms with Crippen molar-refractivity contribution in [2.45, 2.75) is 27.7 Å². The van der Waals surface area contributed by atoms with Crippen molar-refractivity contribution in [1.29, 1.82) is 0 Å². The lowest BCUT2D eigenvalue weighted by molar-refractivity contribution is 1.04. The van der Waals surface area contributed by atoms with Crippen LogP contribution in [0.1, 0.15) is 26.5 Å². The fourth-order valence-corrected chi connectivity index (χ4v) is 0.411. The first-order chi connectivity index (χ1) is 4.30. The maximum atomic E-state index is 3.80. The Hall–Kier alpha value is -0.790. The van der Waals surface area contributed by atoms with Crippen molar-refractivity contribution in [1.82, 2.24) is 10.2 Å². The number of nitrogens with zero attached hydrogens (tertiary/aromatic N) is 1. The van der Waals surface area contributed by atoms with Gasteiger partial charge in [-0.2, -0.15) is 5.10 Å². The van der Waals surface area contributed by atoms with Gasteiger partial charge in [0.15, 0.2) is 0 Å². The average molecular weight is 128 g/mol. The molecule has 1 aromatic rings. The Labute approximate surface area is 57.8 Å². The minimum atomic E-state index is 0. The topological polar surface area (TPSA) is 28.7 Å². The summed E-state index contributed by atoms with van der Waals surface area (Å²) in [5.74, 6) is 0. The van der Waals surface area contributed by atoms with Crippen LogP contribution in [0.25, 0.3) is 0 Å². The Morgan fingerprint density at radius 3 is 2.11 bits per heavy atom. The van der Waals surface area contributed by atoms with Crippen LogP contribution in [0.15, 0.2) is 6.20 Å². The molecule has 1 rings (SSSR count). The van der Waals surface area contributed by atoms with Gasteiger partial charge < -0.3 is 0 Å². The van der Waals surface area contributed by atoms with Crippen LogP contribution in [0.3, 0.4) is 0 Å². The van der Waals surface area contributed by atoms with Crippen LogP contribution in [0.2, 0.25) is 0 Å². The van der Waals surface area contributed by atoms with Crippen molar-refractivity contribution >= 4 is 0 Å². The van der Waals surface area contributed by atoms with Gasteiger partial charge in [-0.3, -0.25) is 5.10 Å². The van der Waals surface area contributed by atoms with Gasteiger partial charge in [0.05, 0.1) is 6.20 Å². The van der Waals surface area contributed by atoms with E-state index in [1.165, 1.54) is 5.56 Å². The largest absolute Gasteiger partial charge is 0.283 e. The number of hydrogen-bond acceptors (Lipinski definition) is 1. The zero-order chi connectivity index (χ0) is 7.28. The number of aromatic nitrogens is 2. The molecule has 1 aromatic heterocycles. The first-order valence-electron chi connectivity index (χ1n) is 3.27. The van der Waals surface area contributed by atoms with Gasteiger partial charge in [-0.25, -0.2) is 0 Å².